The lowest BCUT2D eigenvalue weighted by Gasteiger charge is -2.35. The summed E-state index contributed by atoms with van der Waals surface area (Å²) in [4.78, 5) is 15.8. The molecule has 21 heavy (non-hydrogen) atoms. The van der Waals surface area contributed by atoms with Gasteiger partial charge in [0.1, 0.15) is 5.75 Å². The van der Waals surface area contributed by atoms with Crippen LogP contribution >= 0.6 is 0 Å². The zero-order chi connectivity index (χ0) is 14.7. The van der Waals surface area contributed by atoms with E-state index >= 15 is 0 Å². The van der Waals surface area contributed by atoms with Gasteiger partial charge in [0.15, 0.2) is 0 Å². The first-order valence-electron chi connectivity index (χ1n) is 7.91. The number of fused-ring (bicyclic) bond motifs is 1. The Morgan fingerprint density at radius 2 is 2.00 bits per heavy atom. The Morgan fingerprint density at radius 3 is 2.76 bits per heavy atom. The van der Waals surface area contributed by atoms with Crippen molar-refractivity contribution < 1.29 is 9.53 Å². The van der Waals surface area contributed by atoms with E-state index in [2.05, 4.69) is 23.1 Å². The van der Waals surface area contributed by atoms with Gasteiger partial charge in [-0.05, 0) is 30.4 Å². The van der Waals surface area contributed by atoms with E-state index in [1.165, 1.54) is 5.56 Å². The van der Waals surface area contributed by atoms with E-state index in [1.54, 1.807) is 6.92 Å². The fourth-order valence-electron chi connectivity index (χ4n) is 3.33. The number of amides is 1. The van der Waals surface area contributed by atoms with Gasteiger partial charge in [0.2, 0.25) is 5.91 Å². The largest absolute Gasteiger partial charge is 0.493 e. The molecule has 4 nitrogen and oxygen atoms in total. The number of carbonyl (C=O) groups excluding carboxylic acids is 1. The molecule has 0 radical (unpaired) electrons. The van der Waals surface area contributed by atoms with Crippen LogP contribution in [0.2, 0.25) is 0 Å². The van der Waals surface area contributed by atoms with E-state index in [4.69, 9.17) is 4.74 Å². The average molecular weight is 288 g/mol. The van der Waals surface area contributed by atoms with Crippen LogP contribution < -0.4 is 4.74 Å². The van der Waals surface area contributed by atoms with Crippen LogP contribution in [0.3, 0.4) is 0 Å². The second kappa shape index (κ2) is 6.48. The average Bonchev–Trinajstić information content (AvgIpc) is 2.69. The first kappa shape index (κ1) is 14.4. The molecule has 0 aliphatic carbocycles. The summed E-state index contributed by atoms with van der Waals surface area (Å²) in [6, 6.07) is 8.39. The molecule has 1 amide bonds. The summed E-state index contributed by atoms with van der Waals surface area (Å²) in [5.41, 5.74) is 1.34. The van der Waals surface area contributed by atoms with Gasteiger partial charge in [-0.1, -0.05) is 18.2 Å². The second-order valence-electron chi connectivity index (χ2n) is 6.12. The number of hydrogen-bond acceptors (Lipinski definition) is 3. The Balaban J connectivity index is 1.55. The van der Waals surface area contributed by atoms with Gasteiger partial charge in [-0.25, -0.2) is 0 Å². The third-order valence-corrected chi connectivity index (χ3v) is 4.60. The third-order valence-electron chi connectivity index (χ3n) is 4.60. The van der Waals surface area contributed by atoms with Crippen LogP contribution in [0.25, 0.3) is 0 Å². The quantitative estimate of drug-likeness (QED) is 0.832. The van der Waals surface area contributed by atoms with Crippen molar-refractivity contribution in [2.75, 3.05) is 39.3 Å². The Bertz CT molecular complexity index is 495. The molecule has 0 unspecified atom stereocenters. The molecule has 0 spiro atoms. The minimum Gasteiger partial charge on any atom is -0.493 e. The van der Waals surface area contributed by atoms with Crippen LogP contribution in [0.5, 0.6) is 5.75 Å². The van der Waals surface area contributed by atoms with Gasteiger partial charge in [0.25, 0.3) is 0 Å². The molecule has 1 aromatic carbocycles. The lowest BCUT2D eigenvalue weighted by molar-refractivity contribution is -0.130. The number of carbonyl (C=O) groups is 1. The van der Waals surface area contributed by atoms with Crippen molar-refractivity contribution in [1.82, 2.24) is 9.80 Å². The second-order valence-corrected chi connectivity index (χ2v) is 6.12. The molecule has 0 N–H and O–H groups in total. The monoisotopic (exact) mass is 288 g/mol. The van der Waals surface area contributed by atoms with Crippen molar-refractivity contribution in [2.45, 2.75) is 19.8 Å². The maximum atomic E-state index is 11.4. The highest BCUT2D eigenvalue weighted by Gasteiger charge is 2.23. The molecule has 0 bridgehead atoms. The number of piperazine rings is 1. The summed E-state index contributed by atoms with van der Waals surface area (Å²) >= 11 is 0. The lowest BCUT2D eigenvalue weighted by Crippen LogP contribution is -2.49. The number of nitrogens with zero attached hydrogens (tertiary/aromatic N) is 2. The van der Waals surface area contributed by atoms with Gasteiger partial charge < -0.3 is 9.64 Å². The number of para-hydroxylation sites is 1. The van der Waals surface area contributed by atoms with E-state index in [0.29, 0.717) is 5.92 Å². The number of benzene rings is 1. The van der Waals surface area contributed by atoms with Gasteiger partial charge in [-0.15, -0.1) is 0 Å². The fourth-order valence-corrected chi connectivity index (χ4v) is 3.33. The van der Waals surface area contributed by atoms with Gasteiger partial charge in [-0.2, -0.15) is 0 Å². The molecule has 1 saturated heterocycles. The number of hydrogen-bond donors (Lipinski definition) is 0. The minimum absolute atomic E-state index is 0.200. The maximum Gasteiger partial charge on any atom is 0.219 e. The summed E-state index contributed by atoms with van der Waals surface area (Å²) < 4.78 is 5.84. The summed E-state index contributed by atoms with van der Waals surface area (Å²) in [7, 11) is 0. The zero-order valence-electron chi connectivity index (χ0n) is 12.8. The van der Waals surface area contributed by atoms with Crippen LogP contribution in [0.1, 0.15) is 18.9 Å². The molecular formula is C17H24N2O2. The van der Waals surface area contributed by atoms with Crippen LogP contribution in [-0.4, -0.2) is 55.0 Å². The molecule has 2 aliphatic heterocycles. The SMILES string of the molecule is CC(=O)N1CCN(C[C@H]2CCOc3ccccc3C2)CC1. The predicted molar refractivity (Wildman–Crippen MR) is 82.4 cm³/mol. The first-order chi connectivity index (χ1) is 10.2. The van der Waals surface area contributed by atoms with Crippen molar-refractivity contribution in [2.24, 2.45) is 5.92 Å². The van der Waals surface area contributed by atoms with Gasteiger partial charge >= 0.3 is 0 Å². The molecule has 1 fully saturated rings. The van der Waals surface area contributed by atoms with Crippen molar-refractivity contribution in [3.05, 3.63) is 29.8 Å². The van der Waals surface area contributed by atoms with E-state index in [1.807, 2.05) is 11.0 Å². The van der Waals surface area contributed by atoms with Crippen molar-refractivity contribution in [3.63, 3.8) is 0 Å². The smallest absolute Gasteiger partial charge is 0.219 e. The first-order valence-corrected chi connectivity index (χ1v) is 7.91. The molecular weight excluding hydrogens is 264 g/mol. The molecule has 3 rings (SSSR count). The minimum atomic E-state index is 0.200. The fraction of sp³-hybridized carbons (Fsp3) is 0.588. The highest BCUT2D eigenvalue weighted by molar-refractivity contribution is 5.73. The normalized spacial score (nSPS) is 23.1. The van der Waals surface area contributed by atoms with Crippen LogP contribution in [0, 0.1) is 5.92 Å². The summed E-state index contributed by atoms with van der Waals surface area (Å²) in [6.07, 6.45) is 2.21. The summed E-state index contributed by atoms with van der Waals surface area (Å²) in [5.74, 6) is 1.91. The van der Waals surface area contributed by atoms with E-state index in [-0.39, 0.29) is 5.91 Å². The van der Waals surface area contributed by atoms with Crippen molar-refractivity contribution in [3.8, 4) is 5.75 Å². The van der Waals surface area contributed by atoms with Crippen LogP contribution in [0.15, 0.2) is 24.3 Å². The molecule has 1 atom stereocenters. The summed E-state index contributed by atoms with van der Waals surface area (Å²) in [5, 5.41) is 0. The topological polar surface area (TPSA) is 32.8 Å². The van der Waals surface area contributed by atoms with Crippen molar-refractivity contribution in [1.29, 1.82) is 0 Å². The van der Waals surface area contributed by atoms with E-state index in [9.17, 15) is 4.79 Å². The molecule has 114 valence electrons. The third kappa shape index (κ3) is 3.56. The molecule has 1 aromatic rings. The molecule has 4 heteroatoms. The van der Waals surface area contributed by atoms with Crippen LogP contribution in [0.4, 0.5) is 0 Å². The van der Waals surface area contributed by atoms with Gasteiger partial charge in [0, 0.05) is 39.6 Å². The van der Waals surface area contributed by atoms with Gasteiger partial charge in [0.05, 0.1) is 6.61 Å². The van der Waals surface area contributed by atoms with E-state index in [0.717, 1.165) is 57.9 Å². The maximum absolute atomic E-state index is 11.4. The molecule has 2 heterocycles. The Hall–Kier alpha value is -1.55. The molecule has 0 saturated carbocycles. The van der Waals surface area contributed by atoms with Crippen molar-refractivity contribution >= 4 is 5.91 Å². The van der Waals surface area contributed by atoms with Gasteiger partial charge in [-0.3, -0.25) is 9.69 Å². The van der Waals surface area contributed by atoms with E-state index < -0.39 is 0 Å². The molecule has 0 aromatic heterocycles. The molecule has 2 aliphatic rings. The standard InChI is InChI=1S/C17H24N2O2/c1-14(20)19-9-7-18(8-10-19)13-15-6-11-21-17-5-3-2-4-16(17)12-15/h2-5,15H,6-13H2,1H3/t15-/m0/s1. The highest BCUT2D eigenvalue weighted by atomic mass is 16.5. The lowest BCUT2D eigenvalue weighted by atomic mass is 9.96. The Kier molecular flexibility index (Phi) is 4.44. The number of ether oxygens (including phenoxy) is 1. The highest BCUT2D eigenvalue weighted by Crippen LogP contribution is 2.27. The number of rotatable bonds is 2. The Labute approximate surface area is 126 Å². The summed E-state index contributed by atoms with van der Waals surface area (Å²) in [6.45, 7) is 7.33. The zero-order valence-corrected chi connectivity index (χ0v) is 12.8. The van der Waals surface area contributed by atoms with Crippen LogP contribution in [-0.2, 0) is 11.2 Å². The Morgan fingerprint density at radius 1 is 1.24 bits per heavy atom. The predicted octanol–water partition coefficient (Wildman–Crippen LogP) is 1.79.